The second-order valence-corrected chi connectivity index (χ2v) is 6.55. The monoisotopic (exact) mass is 366 g/mol. The molecule has 0 atom stereocenters. The highest BCUT2D eigenvalue weighted by Gasteiger charge is 2.09. The SMILES string of the molecule is COCCOc1cc(NCc2cnc(Cl)s2)c(Cl)cc1Cl. The van der Waals surface area contributed by atoms with Gasteiger partial charge in [0.25, 0.3) is 0 Å². The number of nitrogens with zero attached hydrogens (tertiary/aromatic N) is 1. The smallest absolute Gasteiger partial charge is 0.183 e. The number of aromatic nitrogens is 1. The summed E-state index contributed by atoms with van der Waals surface area (Å²) in [6.45, 7) is 1.48. The molecule has 1 aromatic heterocycles. The molecule has 114 valence electrons. The van der Waals surface area contributed by atoms with E-state index in [4.69, 9.17) is 44.3 Å². The van der Waals surface area contributed by atoms with Gasteiger partial charge in [-0.05, 0) is 6.07 Å². The summed E-state index contributed by atoms with van der Waals surface area (Å²) < 4.78 is 11.0. The highest BCUT2D eigenvalue weighted by atomic mass is 35.5. The van der Waals surface area contributed by atoms with E-state index in [0.29, 0.717) is 40.0 Å². The van der Waals surface area contributed by atoms with Crippen molar-refractivity contribution in [2.24, 2.45) is 0 Å². The molecule has 1 aromatic carbocycles. The predicted molar refractivity (Wildman–Crippen MR) is 88.3 cm³/mol. The van der Waals surface area contributed by atoms with Crippen LogP contribution in [-0.2, 0) is 11.3 Å². The molecule has 21 heavy (non-hydrogen) atoms. The molecule has 0 saturated heterocycles. The topological polar surface area (TPSA) is 43.4 Å². The number of hydrogen-bond acceptors (Lipinski definition) is 5. The first-order valence-electron chi connectivity index (χ1n) is 6.05. The summed E-state index contributed by atoms with van der Waals surface area (Å²) in [5.74, 6) is 0.558. The molecule has 0 aliphatic rings. The van der Waals surface area contributed by atoms with Crippen molar-refractivity contribution in [2.75, 3.05) is 25.6 Å². The van der Waals surface area contributed by atoms with Gasteiger partial charge in [-0.3, -0.25) is 0 Å². The number of anilines is 1. The van der Waals surface area contributed by atoms with Crippen molar-refractivity contribution >= 4 is 51.8 Å². The Morgan fingerprint density at radius 3 is 2.67 bits per heavy atom. The molecule has 2 rings (SSSR count). The number of rotatable bonds is 7. The van der Waals surface area contributed by atoms with Crippen LogP contribution in [0, 0.1) is 0 Å². The molecule has 4 nitrogen and oxygen atoms in total. The Morgan fingerprint density at radius 1 is 1.19 bits per heavy atom. The average Bonchev–Trinajstić information content (AvgIpc) is 2.86. The van der Waals surface area contributed by atoms with Crippen LogP contribution in [0.1, 0.15) is 4.88 Å². The van der Waals surface area contributed by atoms with E-state index < -0.39 is 0 Å². The zero-order valence-electron chi connectivity index (χ0n) is 11.2. The van der Waals surface area contributed by atoms with Crippen molar-refractivity contribution < 1.29 is 9.47 Å². The van der Waals surface area contributed by atoms with Gasteiger partial charge in [0.05, 0.1) is 28.9 Å². The van der Waals surface area contributed by atoms with Gasteiger partial charge in [-0.25, -0.2) is 4.98 Å². The molecule has 8 heteroatoms. The first-order valence-corrected chi connectivity index (χ1v) is 8.00. The molecule has 0 unspecified atom stereocenters. The Labute approximate surface area is 141 Å². The number of nitrogens with one attached hydrogen (secondary N) is 1. The van der Waals surface area contributed by atoms with E-state index >= 15 is 0 Å². The lowest BCUT2D eigenvalue weighted by Gasteiger charge is -2.12. The fraction of sp³-hybridized carbons (Fsp3) is 0.308. The molecule has 1 heterocycles. The maximum absolute atomic E-state index is 6.17. The van der Waals surface area contributed by atoms with Crippen LogP contribution < -0.4 is 10.1 Å². The summed E-state index contributed by atoms with van der Waals surface area (Å²) >= 11 is 19.5. The Morgan fingerprint density at radius 2 is 2.00 bits per heavy atom. The number of ether oxygens (including phenoxy) is 2. The third-order valence-electron chi connectivity index (χ3n) is 2.55. The van der Waals surface area contributed by atoms with Gasteiger partial charge in [0, 0.05) is 24.3 Å². The maximum Gasteiger partial charge on any atom is 0.183 e. The molecule has 0 fully saturated rings. The quantitative estimate of drug-likeness (QED) is 0.718. The van der Waals surface area contributed by atoms with E-state index in [9.17, 15) is 0 Å². The van der Waals surface area contributed by atoms with Gasteiger partial charge in [0.2, 0.25) is 0 Å². The normalized spacial score (nSPS) is 10.7. The van der Waals surface area contributed by atoms with Gasteiger partial charge in [0.15, 0.2) is 4.47 Å². The standard InChI is InChI=1S/C13H13Cl3N2O2S/c1-19-2-3-20-12-5-11(9(14)4-10(12)15)17-6-8-7-18-13(16)21-8/h4-5,7,17H,2-3,6H2,1H3. The van der Waals surface area contributed by atoms with Gasteiger partial charge in [-0.2, -0.15) is 0 Å². The first-order chi connectivity index (χ1) is 10.1. The van der Waals surface area contributed by atoms with E-state index in [-0.39, 0.29) is 0 Å². The van der Waals surface area contributed by atoms with Crippen molar-refractivity contribution in [2.45, 2.75) is 6.54 Å². The third-order valence-corrected chi connectivity index (χ3v) is 4.27. The largest absolute Gasteiger partial charge is 0.490 e. The number of halogens is 3. The third kappa shape index (κ3) is 4.90. The van der Waals surface area contributed by atoms with Crippen LogP contribution in [0.25, 0.3) is 0 Å². The van der Waals surface area contributed by atoms with Crippen molar-refractivity contribution in [1.29, 1.82) is 0 Å². The molecule has 1 N–H and O–H groups in total. The molecule has 2 aromatic rings. The minimum absolute atomic E-state index is 0.418. The van der Waals surface area contributed by atoms with E-state index in [1.165, 1.54) is 11.3 Å². The number of hydrogen-bond donors (Lipinski definition) is 1. The Hall–Kier alpha value is -0.720. The van der Waals surface area contributed by atoms with Gasteiger partial charge < -0.3 is 14.8 Å². The molecule has 0 radical (unpaired) electrons. The van der Waals surface area contributed by atoms with Gasteiger partial charge in [-0.1, -0.05) is 34.8 Å². The second-order valence-electron chi connectivity index (χ2n) is 4.04. The fourth-order valence-corrected chi connectivity index (χ4v) is 2.98. The summed E-state index contributed by atoms with van der Waals surface area (Å²) in [6, 6.07) is 3.41. The van der Waals surface area contributed by atoms with E-state index in [2.05, 4.69) is 10.3 Å². The molecule has 0 aliphatic heterocycles. The zero-order valence-corrected chi connectivity index (χ0v) is 14.2. The highest BCUT2D eigenvalue weighted by molar-refractivity contribution is 7.15. The van der Waals surface area contributed by atoms with Gasteiger partial charge in [0.1, 0.15) is 12.4 Å². The Kier molecular flexibility index (Phi) is 6.39. The van der Waals surface area contributed by atoms with Crippen molar-refractivity contribution in [3.8, 4) is 5.75 Å². The van der Waals surface area contributed by atoms with Crippen LogP contribution in [0.5, 0.6) is 5.75 Å². The van der Waals surface area contributed by atoms with Crippen molar-refractivity contribution in [3.63, 3.8) is 0 Å². The average molecular weight is 368 g/mol. The fourth-order valence-electron chi connectivity index (χ4n) is 1.56. The molecule has 0 amide bonds. The zero-order chi connectivity index (χ0) is 15.2. The molecule has 0 aliphatic carbocycles. The molecule has 0 spiro atoms. The summed E-state index contributed by atoms with van der Waals surface area (Å²) in [5.41, 5.74) is 0.734. The Balaban J connectivity index is 2.05. The minimum Gasteiger partial charge on any atom is -0.490 e. The molecular weight excluding hydrogens is 355 g/mol. The number of thiazole rings is 1. The van der Waals surface area contributed by atoms with Crippen LogP contribution in [0.2, 0.25) is 14.5 Å². The molecule has 0 saturated carbocycles. The van der Waals surface area contributed by atoms with Crippen LogP contribution >= 0.6 is 46.1 Å². The second kappa shape index (κ2) is 8.06. The number of methoxy groups -OCH3 is 1. The van der Waals surface area contributed by atoms with Crippen LogP contribution in [0.3, 0.4) is 0 Å². The van der Waals surface area contributed by atoms with Crippen LogP contribution in [-0.4, -0.2) is 25.3 Å². The van der Waals surface area contributed by atoms with Crippen LogP contribution in [0.4, 0.5) is 5.69 Å². The van der Waals surface area contributed by atoms with Crippen LogP contribution in [0.15, 0.2) is 18.3 Å². The lowest BCUT2D eigenvalue weighted by atomic mass is 10.3. The minimum atomic E-state index is 0.418. The van der Waals surface area contributed by atoms with Gasteiger partial charge >= 0.3 is 0 Å². The summed E-state index contributed by atoms with van der Waals surface area (Å²) in [6.07, 6.45) is 1.72. The van der Waals surface area contributed by atoms with E-state index in [1.54, 1.807) is 25.4 Å². The summed E-state index contributed by atoms with van der Waals surface area (Å²) in [4.78, 5) is 4.99. The highest BCUT2D eigenvalue weighted by Crippen LogP contribution is 2.34. The van der Waals surface area contributed by atoms with Gasteiger partial charge in [-0.15, -0.1) is 11.3 Å². The molecular formula is C13H13Cl3N2O2S. The lowest BCUT2D eigenvalue weighted by molar-refractivity contribution is 0.146. The Bertz CT molecular complexity index is 607. The summed E-state index contributed by atoms with van der Waals surface area (Å²) in [5, 5.41) is 4.19. The first kappa shape index (κ1) is 16.6. The number of benzene rings is 1. The van der Waals surface area contributed by atoms with E-state index in [0.717, 1.165) is 10.6 Å². The summed E-state index contributed by atoms with van der Waals surface area (Å²) in [7, 11) is 1.61. The van der Waals surface area contributed by atoms with E-state index in [1.807, 2.05) is 0 Å². The van der Waals surface area contributed by atoms with Crippen molar-refractivity contribution in [3.05, 3.63) is 37.7 Å². The molecule has 0 bridgehead atoms. The van der Waals surface area contributed by atoms with Crippen molar-refractivity contribution in [1.82, 2.24) is 4.98 Å². The lowest BCUT2D eigenvalue weighted by Crippen LogP contribution is -2.05. The maximum atomic E-state index is 6.17. The predicted octanol–water partition coefficient (Wildman–Crippen LogP) is 4.74.